The molecule has 38 heavy (non-hydrogen) atoms. The van der Waals surface area contributed by atoms with Crippen LogP contribution in [0.3, 0.4) is 0 Å². The molecule has 6 nitrogen and oxygen atoms in total. The van der Waals surface area contributed by atoms with E-state index in [-0.39, 0.29) is 6.61 Å². The van der Waals surface area contributed by atoms with E-state index < -0.39 is 5.97 Å². The van der Waals surface area contributed by atoms with Crippen LogP contribution in [0.4, 0.5) is 0 Å². The van der Waals surface area contributed by atoms with Gasteiger partial charge >= 0.3 is 5.97 Å². The van der Waals surface area contributed by atoms with E-state index in [1.807, 2.05) is 55.5 Å². The first-order valence-electron chi connectivity index (χ1n) is 12.4. The molecule has 1 heterocycles. The van der Waals surface area contributed by atoms with Gasteiger partial charge in [-0.05, 0) is 77.7 Å². The van der Waals surface area contributed by atoms with Crippen LogP contribution in [0.5, 0.6) is 11.5 Å². The standard InChI is InChI=1S/C31H30ClNO5/c1-23-21-28(12-13-30(23)38-22-31(34)35)37-18-14-29(26-8-10-27(32)11-9-26)25-6-4-24(5-7-25)3-2-15-33-16-19-36-20-17-33/h4-14,21H,15-20,22H2,1H3,(H,34,35)/b29-14+. The zero-order valence-electron chi connectivity index (χ0n) is 21.3. The van der Waals surface area contributed by atoms with Crippen molar-refractivity contribution in [3.8, 4) is 23.3 Å². The number of carbonyl (C=O) groups is 1. The summed E-state index contributed by atoms with van der Waals surface area (Å²) in [7, 11) is 0. The Morgan fingerprint density at radius 1 is 1.03 bits per heavy atom. The number of rotatable bonds is 9. The zero-order valence-corrected chi connectivity index (χ0v) is 22.0. The summed E-state index contributed by atoms with van der Waals surface area (Å²) in [4.78, 5) is 13.1. The van der Waals surface area contributed by atoms with E-state index in [4.69, 9.17) is 30.9 Å². The third-order valence-corrected chi connectivity index (χ3v) is 6.28. The normalized spacial score (nSPS) is 13.9. The molecule has 0 amide bonds. The molecule has 3 aromatic carbocycles. The average molecular weight is 532 g/mol. The number of morpholine rings is 1. The van der Waals surface area contributed by atoms with Crippen LogP contribution in [0.25, 0.3) is 5.57 Å². The predicted octanol–water partition coefficient (Wildman–Crippen LogP) is 5.31. The molecule has 1 aliphatic heterocycles. The fraction of sp³-hybridized carbons (Fsp3) is 0.258. The van der Waals surface area contributed by atoms with Gasteiger partial charge in [-0.25, -0.2) is 4.79 Å². The number of halogens is 1. The van der Waals surface area contributed by atoms with Gasteiger partial charge in [0.25, 0.3) is 0 Å². The van der Waals surface area contributed by atoms with Crippen LogP contribution in [0.2, 0.25) is 5.02 Å². The molecule has 7 heteroatoms. The number of benzene rings is 3. The van der Waals surface area contributed by atoms with E-state index >= 15 is 0 Å². The van der Waals surface area contributed by atoms with Crippen LogP contribution in [-0.4, -0.2) is 62.0 Å². The Labute approximate surface area is 228 Å². The Morgan fingerprint density at radius 3 is 2.37 bits per heavy atom. The van der Waals surface area contributed by atoms with E-state index in [0.717, 1.165) is 60.7 Å². The number of hydrogen-bond donors (Lipinski definition) is 1. The molecule has 0 aliphatic carbocycles. The highest BCUT2D eigenvalue weighted by atomic mass is 35.5. The first-order chi connectivity index (χ1) is 18.5. The molecular formula is C31H30ClNO5. The van der Waals surface area contributed by atoms with Crippen molar-refractivity contribution in [1.29, 1.82) is 0 Å². The fourth-order valence-corrected chi connectivity index (χ4v) is 4.14. The summed E-state index contributed by atoms with van der Waals surface area (Å²) in [6.45, 7) is 5.94. The molecule has 1 fully saturated rings. The summed E-state index contributed by atoms with van der Waals surface area (Å²) in [5.74, 6) is 6.70. The smallest absolute Gasteiger partial charge is 0.341 e. The SMILES string of the molecule is Cc1cc(OC/C=C(/c2ccc(Cl)cc2)c2ccc(C#CCN3CCOCC3)cc2)ccc1OCC(=O)O. The van der Waals surface area contributed by atoms with Crippen LogP contribution in [-0.2, 0) is 9.53 Å². The molecule has 0 bridgehead atoms. The second kappa shape index (κ2) is 13.7. The summed E-state index contributed by atoms with van der Waals surface area (Å²) in [5, 5.41) is 9.50. The molecule has 3 aromatic rings. The van der Waals surface area contributed by atoms with E-state index in [1.165, 1.54) is 0 Å². The monoisotopic (exact) mass is 531 g/mol. The molecule has 0 spiro atoms. The Bertz CT molecular complexity index is 1320. The van der Waals surface area contributed by atoms with Crippen molar-refractivity contribution in [3.63, 3.8) is 0 Å². The van der Waals surface area contributed by atoms with Gasteiger partial charge in [-0.3, -0.25) is 4.90 Å². The lowest BCUT2D eigenvalue weighted by molar-refractivity contribution is -0.139. The van der Waals surface area contributed by atoms with Gasteiger partial charge in [0.05, 0.1) is 19.8 Å². The minimum absolute atomic E-state index is 0.341. The molecule has 0 saturated carbocycles. The maximum absolute atomic E-state index is 10.8. The molecule has 0 radical (unpaired) electrons. The number of ether oxygens (including phenoxy) is 3. The Hall–Kier alpha value is -3.76. The molecule has 1 saturated heterocycles. The van der Waals surface area contributed by atoms with Crippen LogP contribution in [0, 0.1) is 18.8 Å². The van der Waals surface area contributed by atoms with Crippen LogP contribution in [0.15, 0.2) is 72.8 Å². The number of hydrogen-bond acceptors (Lipinski definition) is 5. The van der Waals surface area contributed by atoms with Gasteiger partial charge in [-0.1, -0.05) is 47.7 Å². The van der Waals surface area contributed by atoms with E-state index in [0.29, 0.717) is 23.1 Å². The second-order valence-electron chi connectivity index (χ2n) is 8.81. The van der Waals surface area contributed by atoms with Crippen molar-refractivity contribution >= 4 is 23.1 Å². The van der Waals surface area contributed by atoms with Crippen molar-refractivity contribution in [3.05, 3.63) is 100 Å². The third kappa shape index (κ3) is 8.12. The van der Waals surface area contributed by atoms with E-state index in [9.17, 15) is 4.79 Å². The van der Waals surface area contributed by atoms with Gasteiger partial charge in [0.2, 0.25) is 0 Å². The summed E-state index contributed by atoms with van der Waals surface area (Å²) in [5.41, 5.74) is 4.86. The number of carboxylic acids is 1. The van der Waals surface area contributed by atoms with Crippen LogP contribution < -0.4 is 9.47 Å². The summed E-state index contributed by atoms with van der Waals surface area (Å²) < 4.78 is 16.7. The number of nitrogens with zero attached hydrogens (tertiary/aromatic N) is 1. The van der Waals surface area contributed by atoms with Crippen molar-refractivity contribution in [2.45, 2.75) is 6.92 Å². The zero-order chi connectivity index (χ0) is 26.7. The van der Waals surface area contributed by atoms with Crippen molar-refractivity contribution in [2.24, 2.45) is 0 Å². The highest BCUT2D eigenvalue weighted by Gasteiger charge is 2.09. The summed E-state index contributed by atoms with van der Waals surface area (Å²) >= 11 is 6.13. The van der Waals surface area contributed by atoms with Crippen molar-refractivity contribution in [2.75, 3.05) is 46.1 Å². The molecule has 1 aliphatic rings. The highest BCUT2D eigenvalue weighted by molar-refractivity contribution is 6.30. The van der Waals surface area contributed by atoms with Gasteiger partial charge in [-0.15, -0.1) is 0 Å². The van der Waals surface area contributed by atoms with Gasteiger partial charge < -0.3 is 19.3 Å². The molecule has 4 rings (SSSR count). The van der Waals surface area contributed by atoms with Crippen molar-refractivity contribution in [1.82, 2.24) is 4.90 Å². The topological polar surface area (TPSA) is 68.2 Å². The lowest BCUT2D eigenvalue weighted by Gasteiger charge is -2.24. The van der Waals surface area contributed by atoms with Gasteiger partial charge in [0, 0.05) is 23.7 Å². The van der Waals surface area contributed by atoms with E-state index in [2.05, 4.69) is 28.9 Å². The first kappa shape index (κ1) is 27.3. The summed E-state index contributed by atoms with van der Waals surface area (Å²) in [6, 6.07) is 21.2. The Balaban J connectivity index is 1.46. The van der Waals surface area contributed by atoms with Gasteiger partial charge in [0.15, 0.2) is 6.61 Å². The molecule has 0 atom stereocenters. The third-order valence-electron chi connectivity index (χ3n) is 6.03. The molecule has 0 unspecified atom stereocenters. The predicted molar refractivity (Wildman–Crippen MR) is 149 cm³/mol. The van der Waals surface area contributed by atoms with Gasteiger partial charge in [-0.2, -0.15) is 0 Å². The second-order valence-corrected chi connectivity index (χ2v) is 9.25. The number of aryl methyl sites for hydroxylation is 1. The van der Waals surface area contributed by atoms with E-state index in [1.54, 1.807) is 12.1 Å². The quantitative estimate of drug-likeness (QED) is 0.378. The van der Waals surface area contributed by atoms with Crippen molar-refractivity contribution < 1.29 is 24.1 Å². The largest absolute Gasteiger partial charge is 0.489 e. The summed E-state index contributed by atoms with van der Waals surface area (Å²) in [6.07, 6.45) is 2.03. The highest BCUT2D eigenvalue weighted by Crippen LogP contribution is 2.27. The first-order valence-corrected chi connectivity index (χ1v) is 12.8. The Kier molecular flexibility index (Phi) is 9.83. The molecule has 196 valence electrons. The molecular weight excluding hydrogens is 502 g/mol. The van der Waals surface area contributed by atoms with Crippen LogP contribution >= 0.6 is 11.6 Å². The van der Waals surface area contributed by atoms with Gasteiger partial charge in [0.1, 0.15) is 18.1 Å². The van der Waals surface area contributed by atoms with Crippen LogP contribution in [0.1, 0.15) is 22.3 Å². The number of carboxylic acid groups (broad SMARTS) is 1. The minimum atomic E-state index is -1.02. The fourth-order valence-electron chi connectivity index (χ4n) is 4.01. The Morgan fingerprint density at radius 2 is 1.71 bits per heavy atom. The lowest BCUT2D eigenvalue weighted by Crippen LogP contribution is -2.36. The maximum Gasteiger partial charge on any atom is 0.341 e. The molecule has 1 N–H and O–H groups in total. The number of aliphatic carboxylic acids is 1. The maximum atomic E-state index is 10.8. The molecule has 0 aromatic heterocycles. The lowest BCUT2D eigenvalue weighted by atomic mass is 9.97. The minimum Gasteiger partial charge on any atom is -0.489 e. The average Bonchev–Trinajstić information content (AvgIpc) is 2.92.